The Labute approximate surface area is 146 Å². The minimum Gasteiger partial charge on any atom is -0.298 e. The highest BCUT2D eigenvalue weighted by atomic mass is 32.1. The van der Waals surface area contributed by atoms with Gasteiger partial charge in [-0.3, -0.25) is 10.1 Å². The maximum absolute atomic E-state index is 12.4. The maximum atomic E-state index is 12.4. The molecule has 4 heteroatoms. The number of carbonyl (C=O) groups excluding carboxylic acids is 1. The first-order valence-corrected chi connectivity index (χ1v) is 8.74. The molecule has 0 aliphatic carbocycles. The predicted molar refractivity (Wildman–Crippen MR) is 101 cm³/mol. The minimum atomic E-state index is -0.119. The molecule has 0 aliphatic rings. The van der Waals surface area contributed by atoms with Crippen LogP contribution < -0.4 is 5.32 Å². The van der Waals surface area contributed by atoms with Crippen molar-refractivity contribution in [3.63, 3.8) is 0 Å². The summed E-state index contributed by atoms with van der Waals surface area (Å²) in [7, 11) is 0. The van der Waals surface area contributed by atoms with E-state index in [1.807, 2.05) is 36.6 Å². The van der Waals surface area contributed by atoms with Crippen molar-refractivity contribution in [2.75, 3.05) is 5.32 Å². The van der Waals surface area contributed by atoms with Gasteiger partial charge in [0, 0.05) is 16.5 Å². The lowest BCUT2D eigenvalue weighted by atomic mass is 9.98. The fraction of sp³-hybridized carbons (Fsp3) is 0.200. The van der Waals surface area contributed by atoms with Crippen LogP contribution in [0.3, 0.4) is 0 Å². The van der Waals surface area contributed by atoms with Crippen LogP contribution >= 0.6 is 11.3 Å². The van der Waals surface area contributed by atoms with Gasteiger partial charge in [0.1, 0.15) is 0 Å². The van der Waals surface area contributed by atoms with E-state index < -0.39 is 0 Å². The average molecular weight is 336 g/mol. The zero-order valence-corrected chi connectivity index (χ0v) is 15.1. The van der Waals surface area contributed by atoms with Gasteiger partial charge in [-0.1, -0.05) is 35.9 Å². The smallest absolute Gasteiger partial charge is 0.257 e. The molecule has 24 heavy (non-hydrogen) atoms. The predicted octanol–water partition coefficient (Wildman–Crippen LogP) is 5.30. The number of nitrogens with one attached hydrogen (secondary N) is 1. The molecular formula is C20H20N2OS. The van der Waals surface area contributed by atoms with Crippen molar-refractivity contribution in [3.8, 4) is 11.3 Å². The van der Waals surface area contributed by atoms with Gasteiger partial charge in [-0.15, -0.1) is 11.3 Å². The molecule has 1 heterocycles. The lowest BCUT2D eigenvalue weighted by Crippen LogP contribution is -2.13. The highest BCUT2D eigenvalue weighted by Crippen LogP contribution is 2.31. The van der Waals surface area contributed by atoms with Crippen LogP contribution in [0.15, 0.2) is 41.8 Å². The molecule has 0 unspecified atom stereocenters. The molecule has 3 rings (SSSR count). The summed E-state index contributed by atoms with van der Waals surface area (Å²) < 4.78 is 0. The lowest BCUT2D eigenvalue weighted by Gasteiger charge is -2.09. The number of rotatable bonds is 3. The van der Waals surface area contributed by atoms with Gasteiger partial charge < -0.3 is 0 Å². The van der Waals surface area contributed by atoms with E-state index in [1.54, 1.807) is 0 Å². The number of thiazole rings is 1. The van der Waals surface area contributed by atoms with Gasteiger partial charge in [-0.25, -0.2) is 4.98 Å². The number of aromatic nitrogens is 1. The summed E-state index contributed by atoms with van der Waals surface area (Å²) in [5.41, 5.74) is 7.35. The molecule has 0 saturated heterocycles. The van der Waals surface area contributed by atoms with Gasteiger partial charge in [0.05, 0.1) is 5.69 Å². The quantitative estimate of drug-likeness (QED) is 0.705. The van der Waals surface area contributed by atoms with Crippen LogP contribution in [0, 0.1) is 27.7 Å². The molecule has 0 saturated carbocycles. The Hall–Kier alpha value is -2.46. The van der Waals surface area contributed by atoms with Gasteiger partial charge in [0.15, 0.2) is 5.13 Å². The molecule has 0 radical (unpaired) electrons. The number of aryl methyl sites for hydroxylation is 4. The molecule has 122 valence electrons. The van der Waals surface area contributed by atoms with Gasteiger partial charge in [-0.05, 0) is 50.5 Å². The van der Waals surface area contributed by atoms with Crippen LogP contribution in [0.2, 0.25) is 0 Å². The molecule has 0 atom stereocenters. The second-order valence-corrected chi connectivity index (χ2v) is 6.94. The monoisotopic (exact) mass is 336 g/mol. The van der Waals surface area contributed by atoms with Gasteiger partial charge in [-0.2, -0.15) is 0 Å². The first kappa shape index (κ1) is 16.4. The lowest BCUT2D eigenvalue weighted by molar-refractivity contribution is 0.102. The standard InChI is InChI=1S/C20H20N2OS/c1-12-9-14(3)18(15(4)10-12)17-11-24-20(21-17)22-19(23)16-8-6-5-7-13(16)2/h5-11H,1-4H3,(H,21,22,23). The largest absolute Gasteiger partial charge is 0.298 e. The molecule has 3 nitrogen and oxygen atoms in total. The Bertz CT molecular complexity index is 889. The van der Waals surface area contributed by atoms with Gasteiger partial charge in [0.25, 0.3) is 5.91 Å². The minimum absolute atomic E-state index is 0.119. The van der Waals surface area contributed by atoms with E-state index in [0.29, 0.717) is 10.7 Å². The number of amides is 1. The zero-order valence-electron chi connectivity index (χ0n) is 14.3. The van der Waals surface area contributed by atoms with Gasteiger partial charge in [0.2, 0.25) is 0 Å². The summed E-state index contributed by atoms with van der Waals surface area (Å²) in [6, 6.07) is 11.9. The van der Waals surface area contributed by atoms with E-state index in [-0.39, 0.29) is 5.91 Å². The zero-order chi connectivity index (χ0) is 17.3. The second kappa shape index (κ2) is 6.57. The van der Waals surface area contributed by atoms with Crippen LogP contribution in [0.5, 0.6) is 0 Å². The third-order valence-electron chi connectivity index (χ3n) is 4.05. The van der Waals surface area contributed by atoms with E-state index in [1.165, 1.54) is 28.0 Å². The summed E-state index contributed by atoms with van der Waals surface area (Å²) in [6.07, 6.45) is 0. The van der Waals surface area contributed by atoms with E-state index in [4.69, 9.17) is 0 Å². The Morgan fingerprint density at radius 2 is 1.67 bits per heavy atom. The van der Waals surface area contributed by atoms with Gasteiger partial charge >= 0.3 is 0 Å². The first-order chi connectivity index (χ1) is 11.5. The van der Waals surface area contributed by atoms with Crippen LogP contribution in [-0.4, -0.2) is 10.9 Å². The number of carbonyl (C=O) groups is 1. The van der Waals surface area contributed by atoms with E-state index in [9.17, 15) is 4.79 Å². The molecule has 1 aromatic heterocycles. The molecular weight excluding hydrogens is 316 g/mol. The normalized spacial score (nSPS) is 10.7. The number of hydrogen-bond donors (Lipinski definition) is 1. The summed E-state index contributed by atoms with van der Waals surface area (Å²) in [4.78, 5) is 17.0. The number of hydrogen-bond acceptors (Lipinski definition) is 3. The number of nitrogens with zero attached hydrogens (tertiary/aromatic N) is 1. The fourth-order valence-corrected chi connectivity index (χ4v) is 3.72. The molecule has 1 N–H and O–H groups in total. The molecule has 0 fully saturated rings. The van der Waals surface area contributed by atoms with Crippen molar-refractivity contribution >= 4 is 22.4 Å². The molecule has 3 aromatic rings. The van der Waals surface area contributed by atoms with E-state index in [2.05, 4.69) is 43.2 Å². The van der Waals surface area contributed by atoms with Crippen molar-refractivity contribution in [3.05, 3.63) is 69.6 Å². The summed E-state index contributed by atoms with van der Waals surface area (Å²) in [5.74, 6) is -0.119. The van der Waals surface area contributed by atoms with E-state index >= 15 is 0 Å². The van der Waals surface area contributed by atoms with Crippen molar-refractivity contribution < 1.29 is 4.79 Å². The molecule has 1 amide bonds. The van der Waals surface area contributed by atoms with E-state index in [0.717, 1.165) is 16.8 Å². The third kappa shape index (κ3) is 3.24. The molecule has 0 spiro atoms. The highest BCUT2D eigenvalue weighted by molar-refractivity contribution is 7.14. The van der Waals surface area contributed by atoms with Crippen LogP contribution in [-0.2, 0) is 0 Å². The average Bonchev–Trinajstić information content (AvgIpc) is 2.94. The Morgan fingerprint density at radius 1 is 1.00 bits per heavy atom. The van der Waals surface area contributed by atoms with Crippen LogP contribution in [0.4, 0.5) is 5.13 Å². The van der Waals surface area contributed by atoms with Crippen LogP contribution in [0.1, 0.15) is 32.6 Å². The van der Waals surface area contributed by atoms with Crippen molar-refractivity contribution in [2.24, 2.45) is 0 Å². The number of anilines is 1. The highest BCUT2D eigenvalue weighted by Gasteiger charge is 2.14. The second-order valence-electron chi connectivity index (χ2n) is 6.08. The topological polar surface area (TPSA) is 42.0 Å². The van der Waals surface area contributed by atoms with Crippen molar-refractivity contribution in [1.29, 1.82) is 0 Å². The summed E-state index contributed by atoms with van der Waals surface area (Å²) >= 11 is 1.45. The molecule has 0 bridgehead atoms. The summed E-state index contributed by atoms with van der Waals surface area (Å²) in [5, 5.41) is 5.53. The maximum Gasteiger partial charge on any atom is 0.257 e. The fourth-order valence-electron chi connectivity index (χ4n) is 3.02. The Morgan fingerprint density at radius 3 is 2.33 bits per heavy atom. The molecule has 2 aromatic carbocycles. The van der Waals surface area contributed by atoms with Crippen molar-refractivity contribution in [1.82, 2.24) is 4.98 Å². The SMILES string of the molecule is Cc1cc(C)c(-c2csc(NC(=O)c3ccccc3C)n2)c(C)c1. The third-order valence-corrected chi connectivity index (χ3v) is 4.81. The molecule has 0 aliphatic heterocycles. The van der Waals surface area contributed by atoms with Crippen molar-refractivity contribution in [2.45, 2.75) is 27.7 Å². The summed E-state index contributed by atoms with van der Waals surface area (Å²) in [6.45, 7) is 8.22. The first-order valence-electron chi connectivity index (χ1n) is 7.86. The Balaban J connectivity index is 1.87. The Kier molecular flexibility index (Phi) is 4.49. The number of benzene rings is 2. The van der Waals surface area contributed by atoms with Crippen LogP contribution in [0.25, 0.3) is 11.3 Å².